The average Bonchev–Trinajstić information content (AvgIpc) is 3.18. The van der Waals surface area contributed by atoms with E-state index in [9.17, 15) is 4.79 Å². The number of aromatic nitrogens is 4. The zero-order valence-electron chi connectivity index (χ0n) is 21.0. The van der Waals surface area contributed by atoms with E-state index in [0.717, 1.165) is 73.1 Å². The Bertz CT molecular complexity index is 1260. The van der Waals surface area contributed by atoms with Crippen molar-refractivity contribution < 1.29 is 4.79 Å². The molecule has 0 atom stereocenters. The number of unbranched alkanes of at least 4 members (excludes halogenated alkanes) is 1. The molecule has 2 heterocycles. The van der Waals surface area contributed by atoms with Crippen molar-refractivity contribution in [2.75, 3.05) is 18.8 Å². The first-order valence-electron chi connectivity index (χ1n) is 12.7. The lowest BCUT2D eigenvalue weighted by atomic mass is 10.1. The number of amides is 1. The van der Waals surface area contributed by atoms with Crippen molar-refractivity contribution in [3.8, 4) is 0 Å². The second-order valence-electron chi connectivity index (χ2n) is 9.04. The number of thioether (sulfide) groups is 1. The predicted octanol–water partition coefficient (Wildman–Crippen LogP) is 6.25. The first-order chi connectivity index (χ1) is 17.1. The van der Waals surface area contributed by atoms with E-state index in [-0.39, 0.29) is 5.91 Å². The molecule has 35 heavy (non-hydrogen) atoms. The highest BCUT2D eigenvalue weighted by Gasteiger charge is 2.15. The number of rotatable bonds is 12. The number of para-hydroxylation sites is 1. The van der Waals surface area contributed by atoms with Crippen LogP contribution in [0.15, 0.2) is 53.7 Å². The summed E-state index contributed by atoms with van der Waals surface area (Å²) in [4.78, 5) is 19.4. The van der Waals surface area contributed by atoms with Crippen LogP contribution in [0, 0.1) is 6.92 Å². The molecule has 4 rings (SSSR count). The van der Waals surface area contributed by atoms with Crippen LogP contribution in [0.3, 0.4) is 0 Å². The van der Waals surface area contributed by atoms with E-state index in [2.05, 4.69) is 78.0 Å². The molecule has 1 amide bonds. The standard InChI is InChI=1S/C28H35N5OS/c1-4-17-32(18-5-2)25(34)12-8-9-19-35-28-29-27-26(30-31-28)23-10-6-7-11-24(23)33(27)20-22-15-13-21(3)14-16-22/h6-7,10-11,13-16H,4-5,8-9,12,17-20H2,1-3H3. The van der Waals surface area contributed by atoms with Crippen molar-refractivity contribution in [2.45, 2.75) is 64.6 Å². The number of benzene rings is 2. The smallest absolute Gasteiger partial charge is 0.222 e. The van der Waals surface area contributed by atoms with Crippen molar-refractivity contribution >= 4 is 39.7 Å². The zero-order valence-corrected chi connectivity index (χ0v) is 21.9. The van der Waals surface area contributed by atoms with Crippen LogP contribution in [0.25, 0.3) is 22.1 Å². The number of nitrogens with zero attached hydrogens (tertiary/aromatic N) is 5. The van der Waals surface area contributed by atoms with Gasteiger partial charge in [0, 0.05) is 37.2 Å². The molecule has 7 heteroatoms. The summed E-state index contributed by atoms with van der Waals surface area (Å²) in [6.07, 6.45) is 4.48. The van der Waals surface area contributed by atoms with Gasteiger partial charge in [0.15, 0.2) is 5.65 Å². The van der Waals surface area contributed by atoms with Crippen LogP contribution in [0.5, 0.6) is 0 Å². The third-order valence-corrected chi connectivity index (χ3v) is 7.10. The Balaban J connectivity index is 1.44. The minimum Gasteiger partial charge on any atom is -0.343 e. The van der Waals surface area contributed by atoms with E-state index < -0.39 is 0 Å². The second-order valence-corrected chi connectivity index (χ2v) is 10.1. The third kappa shape index (κ3) is 6.20. The molecule has 0 spiro atoms. The molecule has 0 saturated carbocycles. The van der Waals surface area contributed by atoms with Crippen molar-refractivity contribution in [2.24, 2.45) is 0 Å². The molecule has 0 radical (unpaired) electrons. The average molecular weight is 490 g/mol. The quantitative estimate of drug-likeness (QED) is 0.174. The molecule has 6 nitrogen and oxygen atoms in total. The highest BCUT2D eigenvalue weighted by molar-refractivity contribution is 7.99. The fraction of sp³-hybridized carbons (Fsp3) is 0.429. The first-order valence-corrected chi connectivity index (χ1v) is 13.7. The molecule has 0 aliphatic rings. The Kier molecular flexibility index (Phi) is 8.74. The van der Waals surface area contributed by atoms with Gasteiger partial charge in [-0.05, 0) is 44.2 Å². The summed E-state index contributed by atoms with van der Waals surface area (Å²) < 4.78 is 2.24. The van der Waals surface area contributed by atoms with Gasteiger partial charge in [-0.2, -0.15) is 0 Å². The van der Waals surface area contributed by atoms with Crippen LogP contribution in [-0.2, 0) is 11.3 Å². The van der Waals surface area contributed by atoms with Gasteiger partial charge < -0.3 is 9.47 Å². The van der Waals surface area contributed by atoms with Crippen molar-refractivity contribution in [1.82, 2.24) is 24.6 Å². The number of hydrogen-bond donors (Lipinski definition) is 0. The number of fused-ring (bicyclic) bond motifs is 3. The summed E-state index contributed by atoms with van der Waals surface area (Å²) in [6, 6.07) is 16.9. The van der Waals surface area contributed by atoms with Gasteiger partial charge in [0.05, 0.1) is 5.52 Å². The number of carbonyl (C=O) groups excluding carboxylic acids is 1. The minimum atomic E-state index is 0.277. The maximum Gasteiger partial charge on any atom is 0.222 e. The molecule has 2 aromatic carbocycles. The van der Waals surface area contributed by atoms with E-state index in [1.54, 1.807) is 11.8 Å². The predicted molar refractivity (Wildman–Crippen MR) is 145 cm³/mol. The van der Waals surface area contributed by atoms with E-state index in [0.29, 0.717) is 11.6 Å². The molecule has 0 fully saturated rings. The Morgan fingerprint density at radius 2 is 1.71 bits per heavy atom. The SMILES string of the molecule is CCCN(CCC)C(=O)CCCCSc1nnc2c3ccccc3n(Cc3ccc(C)cc3)c2n1. The summed E-state index contributed by atoms with van der Waals surface area (Å²) >= 11 is 1.62. The number of carbonyl (C=O) groups is 1. The summed E-state index contributed by atoms with van der Waals surface area (Å²) in [7, 11) is 0. The Morgan fingerprint density at radius 3 is 2.46 bits per heavy atom. The largest absolute Gasteiger partial charge is 0.343 e. The first kappa shape index (κ1) is 25.2. The van der Waals surface area contributed by atoms with Gasteiger partial charge in [0.2, 0.25) is 11.1 Å². The molecule has 0 N–H and O–H groups in total. The molecule has 0 aliphatic heterocycles. The van der Waals surface area contributed by atoms with E-state index in [1.165, 1.54) is 11.1 Å². The zero-order chi connectivity index (χ0) is 24.6. The van der Waals surface area contributed by atoms with Gasteiger partial charge in [-0.25, -0.2) is 4.98 Å². The Labute approximate surface area is 212 Å². The molecule has 0 bridgehead atoms. The summed E-state index contributed by atoms with van der Waals surface area (Å²) in [5.41, 5.74) is 5.32. The van der Waals surface area contributed by atoms with Gasteiger partial charge in [-0.15, -0.1) is 10.2 Å². The van der Waals surface area contributed by atoms with Crippen LogP contribution in [0.4, 0.5) is 0 Å². The van der Waals surface area contributed by atoms with E-state index >= 15 is 0 Å². The molecule has 4 aromatic rings. The molecular formula is C28H35N5OS. The topological polar surface area (TPSA) is 63.9 Å². The summed E-state index contributed by atoms with van der Waals surface area (Å²) in [6.45, 7) is 8.80. The van der Waals surface area contributed by atoms with Gasteiger partial charge in [-0.1, -0.05) is 73.6 Å². The number of aryl methyl sites for hydroxylation is 1. The van der Waals surface area contributed by atoms with Crippen molar-refractivity contribution in [3.05, 3.63) is 59.7 Å². The molecule has 0 aliphatic carbocycles. The lowest BCUT2D eigenvalue weighted by Gasteiger charge is -2.21. The van der Waals surface area contributed by atoms with Crippen molar-refractivity contribution in [3.63, 3.8) is 0 Å². The van der Waals surface area contributed by atoms with Crippen LogP contribution < -0.4 is 0 Å². The molecule has 184 valence electrons. The Morgan fingerprint density at radius 1 is 0.971 bits per heavy atom. The van der Waals surface area contributed by atoms with Crippen LogP contribution in [-0.4, -0.2) is 49.4 Å². The lowest BCUT2D eigenvalue weighted by molar-refractivity contribution is -0.131. The van der Waals surface area contributed by atoms with Gasteiger partial charge in [-0.3, -0.25) is 4.79 Å². The van der Waals surface area contributed by atoms with Crippen LogP contribution >= 0.6 is 11.8 Å². The fourth-order valence-corrected chi connectivity index (χ4v) is 5.17. The summed E-state index contributed by atoms with van der Waals surface area (Å²) in [5, 5.41) is 10.7. The molecule has 0 unspecified atom stereocenters. The van der Waals surface area contributed by atoms with E-state index in [4.69, 9.17) is 4.98 Å². The number of hydrogen-bond acceptors (Lipinski definition) is 5. The van der Waals surface area contributed by atoms with Gasteiger partial charge in [0.25, 0.3) is 0 Å². The van der Waals surface area contributed by atoms with Gasteiger partial charge in [0.1, 0.15) is 5.52 Å². The minimum absolute atomic E-state index is 0.277. The highest BCUT2D eigenvalue weighted by atomic mass is 32.2. The summed E-state index contributed by atoms with van der Waals surface area (Å²) in [5.74, 6) is 1.15. The van der Waals surface area contributed by atoms with Crippen LogP contribution in [0.1, 0.15) is 57.1 Å². The monoisotopic (exact) mass is 489 g/mol. The molecule has 0 saturated heterocycles. The van der Waals surface area contributed by atoms with Gasteiger partial charge >= 0.3 is 0 Å². The maximum absolute atomic E-state index is 12.5. The van der Waals surface area contributed by atoms with E-state index in [1.807, 2.05) is 11.0 Å². The Hall–Kier alpha value is -2.93. The normalized spacial score (nSPS) is 11.4. The lowest BCUT2D eigenvalue weighted by Crippen LogP contribution is -2.32. The van der Waals surface area contributed by atoms with Crippen LogP contribution in [0.2, 0.25) is 0 Å². The molecule has 2 aromatic heterocycles. The third-order valence-electron chi connectivity index (χ3n) is 6.17. The van der Waals surface area contributed by atoms with Crippen molar-refractivity contribution in [1.29, 1.82) is 0 Å². The molecular weight excluding hydrogens is 454 g/mol. The maximum atomic E-state index is 12.5. The fourth-order valence-electron chi connectivity index (χ4n) is 4.39. The second kappa shape index (κ2) is 12.2. The highest BCUT2D eigenvalue weighted by Crippen LogP contribution is 2.28.